The highest BCUT2D eigenvalue weighted by molar-refractivity contribution is 5.62. The van der Waals surface area contributed by atoms with E-state index >= 15 is 0 Å². The van der Waals surface area contributed by atoms with E-state index in [1.54, 1.807) is 0 Å². The highest BCUT2D eigenvalue weighted by atomic mass is 16.5. The van der Waals surface area contributed by atoms with Gasteiger partial charge >= 0.3 is 0 Å². The molecule has 1 aliphatic heterocycles. The number of nitrogens with one attached hydrogen (secondary N) is 2. The van der Waals surface area contributed by atoms with E-state index in [9.17, 15) is 0 Å². The largest absolute Gasteiger partial charge is 0.378 e. The third-order valence-electron chi connectivity index (χ3n) is 7.01. The minimum Gasteiger partial charge on any atom is -0.378 e. The van der Waals surface area contributed by atoms with Gasteiger partial charge in [0, 0.05) is 36.9 Å². The van der Waals surface area contributed by atoms with Gasteiger partial charge in [-0.05, 0) is 56.7 Å². The maximum atomic E-state index is 5.53. The van der Waals surface area contributed by atoms with Gasteiger partial charge in [-0.1, -0.05) is 38.3 Å². The van der Waals surface area contributed by atoms with Crippen molar-refractivity contribution in [3.8, 4) is 0 Å². The summed E-state index contributed by atoms with van der Waals surface area (Å²) in [4.78, 5) is 12.1. The van der Waals surface area contributed by atoms with E-state index in [1.165, 1.54) is 37.7 Å². The van der Waals surface area contributed by atoms with E-state index in [1.807, 2.05) is 0 Å². The molecule has 2 fully saturated rings. The summed E-state index contributed by atoms with van der Waals surface area (Å²) < 4.78 is 5.53. The molecule has 2 N–H and O–H groups in total. The highest BCUT2D eigenvalue weighted by Crippen LogP contribution is 2.33. The van der Waals surface area contributed by atoms with E-state index in [0.29, 0.717) is 6.04 Å². The van der Waals surface area contributed by atoms with E-state index < -0.39 is 0 Å². The van der Waals surface area contributed by atoms with Gasteiger partial charge in [0.2, 0.25) is 5.95 Å². The maximum Gasteiger partial charge on any atom is 0.227 e. The Morgan fingerprint density at radius 2 is 1.78 bits per heavy atom. The second-order valence-electron chi connectivity index (χ2n) is 9.32. The summed E-state index contributed by atoms with van der Waals surface area (Å²) >= 11 is 0. The molecule has 6 heteroatoms. The van der Waals surface area contributed by atoms with Crippen molar-refractivity contribution in [1.82, 2.24) is 15.3 Å². The minimum atomic E-state index is 0.458. The predicted octanol–water partition coefficient (Wildman–Crippen LogP) is 5.30. The molecule has 1 aromatic heterocycles. The molecule has 1 saturated heterocycles. The van der Waals surface area contributed by atoms with Crippen molar-refractivity contribution < 1.29 is 4.74 Å². The lowest BCUT2D eigenvalue weighted by atomic mass is 9.84. The van der Waals surface area contributed by atoms with Crippen LogP contribution in [0.4, 0.5) is 17.5 Å². The number of hydrogen-bond donors (Lipinski definition) is 2. The van der Waals surface area contributed by atoms with Crippen LogP contribution in [0.3, 0.4) is 0 Å². The Morgan fingerprint density at radius 1 is 1.06 bits per heavy atom. The molecule has 1 unspecified atom stereocenters. The first-order valence-corrected chi connectivity index (χ1v) is 12.4. The Hall–Kier alpha value is -2.18. The summed E-state index contributed by atoms with van der Waals surface area (Å²) in [6.45, 7) is 10.4. The van der Waals surface area contributed by atoms with Crippen molar-refractivity contribution in [2.45, 2.75) is 77.8 Å². The number of benzene rings is 1. The standard InChI is InChI=1S/C26H39N5O/c1-4-19(2)27-18-24-20(3)25(30-26(29-24)31-14-16-32-17-15-31)28-23-12-10-22(11-13-23)21-8-6-5-7-9-21/h10-13,19,21,27H,4-9,14-18H2,1-3H3,(H,28,29,30). The zero-order chi connectivity index (χ0) is 22.3. The SMILES string of the molecule is CCC(C)NCc1nc(N2CCOCC2)nc(Nc2ccc(C3CCCCC3)cc2)c1C. The van der Waals surface area contributed by atoms with E-state index in [4.69, 9.17) is 14.7 Å². The summed E-state index contributed by atoms with van der Waals surface area (Å²) in [5, 5.41) is 7.18. The Morgan fingerprint density at radius 3 is 2.47 bits per heavy atom. The van der Waals surface area contributed by atoms with Gasteiger partial charge in [0.25, 0.3) is 0 Å². The molecule has 32 heavy (non-hydrogen) atoms. The Bertz CT molecular complexity index is 857. The van der Waals surface area contributed by atoms with Crippen molar-refractivity contribution >= 4 is 17.5 Å². The quantitative estimate of drug-likeness (QED) is 0.584. The molecule has 6 nitrogen and oxygen atoms in total. The van der Waals surface area contributed by atoms with Crippen molar-refractivity contribution in [3.05, 3.63) is 41.1 Å². The van der Waals surface area contributed by atoms with Gasteiger partial charge in [-0.25, -0.2) is 4.98 Å². The molecule has 2 aliphatic rings. The molecule has 4 rings (SSSR count). The van der Waals surface area contributed by atoms with Gasteiger partial charge in [-0.3, -0.25) is 0 Å². The van der Waals surface area contributed by atoms with E-state index in [-0.39, 0.29) is 0 Å². The first kappa shape index (κ1) is 23.0. The number of morpholine rings is 1. The molecule has 2 heterocycles. The number of aromatic nitrogens is 2. The van der Waals surface area contributed by atoms with Crippen LogP contribution in [0.2, 0.25) is 0 Å². The van der Waals surface area contributed by atoms with Gasteiger partial charge in [-0.15, -0.1) is 0 Å². The Labute approximate surface area is 193 Å². The van der Waals surface area contributed by atoms with Crippen molar-refractivity contribution in [1.29, 1.82) is 0 Å². The van der Waals surface area contributed by atoms with Gasteiger partial charge in [0.05, 0.1) is 18.9 Å². The van der Waals surface area contributed by atoms with Crippen LogP contribution in [-0.4, -0.2) is 42.3 Å². The second-order valence-corrected chi connectivity index (χ2v) is 9.32. The third kappa shape index (κ3) is 5.78. The number of nitrogens with zero attached hydrogens (tertiary/aromatic N) is 3. The molecule has 1 aromatic carbocycles. The van der Waals surface area contributed by atoms with Gasteiger partial charge in [-0.2, -0.15) is 4.98 Å². The third-order valence-corrected chi connectivity index (χ3v) is 7.01. The minimum absolute atomic E-state index is 0.458. The fourth-order valence-electron chi connectivity index (χ4n) is 4.58. The fourth-order valence-corrected chi connectivity index (χ4v) is 4.58. The van der Waals surface area contributed by atoms with Crippen molar-refractivity contribution in [2.75, 3.05) is 36.5 Å². The summed E-state index contributed by atoms with van der Waals surface area (Å²) in [7, 11) is 0. The monoisotopic (exact) mass is 437 g/mol. The lowest BCUT2D eigenvalue weighted by Crippen LogP contribution is -2.38. The normalized spacial score (nSPS) is 18.5. The van der Waals surface area contributed by atoms with Crippen LogP contribution in [0.5, 0.6) is 0 Å². The number of ether oxygens (including phenoxy) is 1. The fraction of sp³-hybridized carbons (Fsp3) is 0.615. The molecule has 0 spiro atoms. The molecular weight excluding hydrogens is 398 g/mol. The number of hydrogen-bond acceptors (Lipinski definition) is 6. The van der Waals surface area contributed by atoms with E-state index in [0.717, 1.165) is 73.9 Å². The molecule has 0 radical (unpaired) electrons. The predicted molar refractivity (Wildman–Crippen MR) is 132 cm³/mol. The van der Waals surface area contributed by atoms with Gasteiger partial charge in [0.1, 0.15) is 5.82 Å². The molecule has 1 saturated carbocycles. The van der Waals surface area contributed by atoms with Gasteiger partial charge < -0.3 is 20.3 Å². The summed E-state index contributed by atoms with van der Waals surface area (Å²) in [6, 6.07) is 9.46. The average molecular weight is 438 g/mol. The summed E-state index contributed by atoms with van der Waals surface area (Å²) in [5.41, 5.74) is 4.72. The average Bonchev–Trinajstić information content (AvgIpc) is 2.85. The lowest BCUT2D eigenvalue weighted by molar-refractivity contribution is 0.122. The summed E-state index contributed by atoms with van der Waals surface area (Å²) in [5.74, 6) is 2.42. The van der Waals surface area contributed by atoms with Crippen LogP contribution in [0.25, 0.3) is 0 Å². The molecular formula is C26H39N5O. The Balaban J connectivity index is 1.55. The number of rotatable bonds is 8. The second kappa shape index (κ2) is 11.1. The highest BCUT2D eigenvalue weighted by Gasteiger charge is 2.19. The first-order valence-electron chi connectivity index (χ1n) is 12.4. The zero-order valence-corrected chi connectivity index (χ0v) is 20.0. The van der Waals surface area contributed by atoms with E-state index in [2.05, 4.69) is 60.6 Å². The first-order chi connectivity index (χ1) is 15.6. The van der Waals surface area contributed by atoms with Crippen LogP contribution < -0.4 is 15.5 Å². The van der Waals surface area contributed by atoms with Crippen LogP contribution in [0.1, 0.15) is 75.1 Å². The van der Waals surface area contributed by atoms with Gasteiger partial charge in [0.15, 0.2) is 0 Å². The smallest absolute Gasteiger partial charge is 0.227 e. The molecule has 1 aliphatic carbocycles. The molecule has 1 atom stereocenters. The number of anilines is 3. The molecule has 174 valence electrons. The van der Waals surface area contributed by atoms with Crippen LogP contribution >= 0.6 is 0 Å². The topological polar surface area (TPSA) is 62.3 Å². The summed E-state index contributed by atoms with van der Waals surface area (Å²) in [6.07, 6.45) is 7.87. The lowest BCUT2D eigenvalue weighted by Gasteiger charge is -2.28. The zero-order valence-electron chi connectivity index (χ0n) is 20.0. The molecule has 2 aromatic rings. The van der Waals surface area contributed by atoms with Crippen LogP contribution in [0.15, 0.2) is 24.3 Å². The Kier molecular flexibility index (Phi) is 7.98. The van der Waals surface area contributed by atoms with Crippen LogP contribution in [-0.2, 0) is 11.3 Å². The molecule has 0 amide bonds. The molecule has 0 bridgehead atoms. The maximum absolute atomic E-state index is 5.53. The van der Waals surface area contributed by atoms with Crippen molar-refractivity contribution in [3.63, 3.8) is 0 Å². The van der Waals surface area contributed by atoms with Crippen molar-refractivity contribution in [2.24, 2.45) is 0 Å². The van der Waals surface area contributed by atoms with Crippen LogP contribution in [0, 0.1) is 6.92 Å².